The summed E-state index contributed by atoms with van der Waals surface area (Å²) in [5.74, 6) is 0. The average molecular weight is 608 g/mol. The molecule has 40 heavy (non-hydrogen) atoms. The molecule has 1 aliphatic rings. The van der Waals surface area contributed by atoms with Gasteiger partial charge in [0.05, 0.1) is 28.5 Å². The number of aliphatic imine (C=N–C) groups is 2. The van der Waals surface area contributed by atoms with Gasteiger partial charge in [-0.15, -0.1) is 0 Å². The van der Waals surface area contributed by atoms with Crippen LogP contribution < -0.4 is 0 Å². The number of pyridine rings is 1. The zero-order valence-electron chi connectivity index (χ0n) is 22.8. The predicted octanol–water partition coefficient (Wildman–Crippen LogP) is 10.4. The van der Waals surface area contributed by atoms with Crippen LogP contribution in [0.1, 0.15) is 45.0 Å². The van der Waals surface area contributed by atoms with Crippen molar-refractivity contribution in [2.45, 2.75) is 33.6 Å². The fourth-order valence-electron chi connectivity index (χ4n) is 4.52. The summed E-state index contributed by atoms with van der Waals surface area (Å²) >= 11 is 0.194. The van der Waals surface area contributed by atoms with Gasteiger partial charge in [0.1, 0.15) is 0 Å². The molecule has 4 aromatic rings. The van der Waals surface area contributed by atoms with Crippen molar-refractivity contribution in [2.24, 2.45) is 9.98 Å². The molecule has 6 heteroatoms. The molecule has 3 aromatic carbocycles. The number of nitrogens with zero attached hydrogens (tertiary/aromatic N) is 3. The molecule has 0 bridgehead atoms. The SMILES string of the molecule is CC1=CC=C(N=C(C)c2cccc(C(C)=Nc3c(-c4ccccc4)cccc3-c3ccccc3)n2)CC1.[Cl][Fe][Cl]. The molecule has 0 fully saturated rings. The topological polar surface area (TPSA) is 37.6 Å². The Labute approximate surface area is 252 Å². The van der Waals surface area contributed by atoms with Gasteiger partial charge in [-0.3, -0.25) is 9.98 Å². The summed E-state index contributed by atoms with van der Waals surface area (Å²) in [6.45, 7) is 6.23. The van der Waals surface area contributed by atoms with E-state index in [9.17, 15) is 0 Å². The zero-order chi connectivity index (χ0) is 28.3. The van der Waals surface area contributed by atoms with Gasteiger partial charge in [0, 0.05) is 16.8 Å². The number of aromatic nitrogens is 1. The molecule has 5 rings (SSSR count). The molecule has 0 saturated carbocycles. The van der Waals surface area contributed by atoms with E-state index in [1.54, 1.807) is 0 Å². The van der Waals surface area contributed by atoms with Crippen LogP contribution in [0.15, 0.2) is 130 Å². The molecule has 0 aliphatic heterocycles. The molecule has 0 radical (unpaired) electrons. The molecule has 0 unspecified atom stereocenters. The number of hydrogen-bond donors (Lipinski definition) is 0. The van der Waals surface area contributed by atoms with E-state index >= 15 is 0 Å². The Hall–Kier alpha value is -3.27. The monoisotopic (exact) mass is 607 g/mol. The van der Waals surface area contributed by atoms with Crippen molar-refractivity contribution in [1.29, 1.82) is 0 Å². The molecule has 0 spiro atoms. The van der Waals surface area contributed by atoms with Crippen LogP contribution in [0.25, 0.3) is 22.3 Å². The number of hydrogen-bond acceptors (Lipinski definition) is 3. The van der Waals surface area contributed by atoms with Crippen LogP contribution in [-0.2, 0) is 13.1 Å². The van der Waals surface area contributed by atoms with E-state index in [1.807, 2.05) is 44.2 Å². The number of benzene rings is 3. The van der Waals surface area contributed by atoms with Crippen molar-refractivity contribution < 1.29 is 13.1 Å². The van der Waals surface area contributed by atoms with Gasteiger partial charge in [0.25, 0.3) is 0 Å². The maximum absolute atomic E-state index is 5.20. The first-order valence-electron chi connectivity index (χ1n) is 13.0. The molecular formula is C34H31Cl2FeN3. The van der Waals surface area contributed by atoms with E-state index in [4.69, 9.17) is 35.2 Å². The number of para-hydroxylation sites is 1. The average Bonchev–Trinajstić information content (AvgIpc) is 3.00. The quantitative estimate of drug-likeness (QED) is 0.159. The van der Waals surface area contributed by atoms with Gasteiger partial charge in [0.15, 0.2) is 0 Å². The standard InChI is InChI=1S/C34H31N3.2ClH.Fe/c1-24-20-22-29(23-21-24)35-25(2)32-18-11-19-33(37-32)26(3)36-34-30(27-12-6-4-7-13-27)16-10-17-31(34)28-14-8-5-9-15-28;;;/h4-20,22H,21,23H2,1-3H3;2*1H;/q;;;+2/p-2. The van der Waals surface area contributed by atoms with Crippen LogP contribution in [0.3, 0.4) is 0 Å². The van der Waals surface area contributed by atoms with Crippen molar-refractivity contribution >= 4 is 37.3 Å². The van der Waals surface area contributed by atoms with Gasteiger partial charge in [-0.2, -0.15) is 0 Å². The van der Waals surface area contributed by atoms with Crippen LogP contribution >= 0.6 is 20.2 Å². The van der Waals surface area contributed by atoms with Gasteiger partial charge < -0.3 is 0 Å². The Bertz CT molecular complexity index is 1500. The minimum absolute atomic E-state index is 0.194. The second-order valence-corrected chi connectivity index (χ2v) is 11.3. The summed E-state index contributed by atoms with van der Waals surface area (Å²) in [5.41, 5.74) is 11.4. The molecule has 0 amide bonds. The van der Waals surface area contributed by atoms with E-state index in [0.717, 1.165) is 69.3 Å². The minimum atomic E-state index is 0.194. The zero-order valence-corrected chi connectivity index (χ0v) is 25.4. The molecule has 1 aliphatic carbocycles. The maximum atomic E-state index is 5.20. The number of rotatable bonds is 6. The van der Waals surface area contributed by atoms with Crippen molar-refractivity contribution in [3.8, 4) is 22.3 Å². The van der Waals surface area contributed by atoms with E-state index in [2.05, 4.69) is 85.8 Å². The number of allylic oxidation sites excluding steroid dienone is 4. The Morgan fingerprint density at radius 2 is 1.15 bits per heavy atom. The van der Waals surface area contributed by atoms with Crippen molar-refractivity contribution in [2.75, 3.05) is 0 Å². The van der Waals surface area contributed by atoms with Crippen molar-refractivity contribution in [1.82, 2.24) is 4.98 Å². The summed E-state index contributed by atoms with van der Waals surface area (Å²) in [7, 11) is 9.53. The second-order valence-electron chi connectivity index (χ2n) is 9.46. The molecular weight excluding hydrogens is 577 g/mol. The second kappa shape index (κ2) is 14.9. The van der Waals surface area contributed by atoms with E-state index < -0.39 is 0 Å². The summed E-state index contributed by atoms with van der Waals surface area (Å²) in [5, 5.41) is 0. The normalized spacial score (nSPS) is 13.7. The molecule has 0 N–H and O–H groups in total. The predicted molar refractivity (Wildman–Crippen MR) is 168 cm³/mol. The molecule has 0 atom stereocenters. The first kappa shape index (κ1) is 29.7. The fourth-order valence-corrected chi connectivity index (χ4v) is 4.52. The van der Waals surface area contributed by atoms with Crippen LogP contribution in [0.5, 0.6) is 0 Å². The van der Waals surface area contributed by atoms with Gasteiger partial charge in [-0.25, -0.2) is 4.98 Å². The van der Waals surface area contributed by atoms with Crippen LogP contribution in [0.4, 0.5) is 5.69 Å². The van der Waals surface area contributed by atoms with Crippen LogP contribution in [0.2, 0.25) is 0 Å². The van der Waals surface area contributed by atoms with Crippen LogP contribution in [-0.4, -0.2) is 16.4 Å². The first-order valence-corrected chi connectivity index (χ1v) is 16.1. The third kappa shape index (κ3) is 7.90. The third-order valence-corrected chi connectivity index (χ3v) is 6.62. The Morgan fingerprint density at radius 3 is 1.65 bits per heavy atom. The van der Waals surface area contributed by atoms with Crippen molar-refractivity contribution in [3.63, 3.8) is 0 Å². The summed E-state index contributed by atoms with van der Waals surface area (Å²) in [4.78, 5) is 15.0. The Morgan fingerprint density at radius 1 is 0.650 bits per heavy atom. The Kier molecular flexibility index (Phi) is 11.1. The van der Waals surface area contributed by atoms with Crippen molar-refractivity contribution in [3.05, 3.63) is 132 Å². The van der Waals surface area contributed by atoms with E-state index in [-0.39, 0.29) is 13.1 Å². The molecule has 1 aromatic heterocycles. The third-order valence-electron chi connectivity index (χ3n) is 6.62. The van der Waals surface area contributed by atoms with E-state index in [1.165, 1.54) is 5.57 Å². The molecule has 1 heterocycles. The van der Waals surface area contributed by atoms with Gasteiger partial charge in [-0.05, 0) is 62.9 Å². The van der Waals surface area contributed by atoms with Gasteiger partial charge >= 0.3 is 33.3 Å². The van der Waals surface area contributed by atoms with Crippen LogP contribution in [0, 0.1) is 0 Å². The number of halogens is 2. The molecule has 3 nitrogen and oxygen atoms in total. The summed E-state index contributed by atoms with van der Waals surface area (Å²) in [6, 6.07) is 33.3. The summed E-state index contributed by atoms with van der Waals surface area (Å²) in [6.07, 6.45) is 6.31. The summed E-state index contributed by atoms with van der Waals surface area (Å²) < 4.78 is 0. The van der Waals surface area contributed by atoms with Gasteiger partial charge in [0.2, 0.25) is 0 Å². The molecule has 0 saturated heterocycles. The first-order chi connectivity index (χ1) is 19.5. The van der Waals surface area contributed by atoms with Gasteiger partial charge in [-0.1, -0.05) is 96.6 Å². The Balaban J connectivity index is 0.00000118. The van der Waals surface area contributed by atoms with E-state index in [0.29, 0.717) is 0 Å². The fraction of sp³-hybridized carbons (Fsp3) is 0.147. The molecule has 204 valence electrons.